The lowest BCUT2D eigenvalue weighted by Gasteiger charge is -2.09. The van der Waals surface area contributed by atoms with Crippen molar-refractivity contribution >= 4 is 17.4 Å². The van der Waals surface area contributed by atoms with Gasteiger partial charge in [-0.2, -0.15) is 5.26 Å². The van der Waals surface area contributed by atoms with Crippen LogP contribution in [-0.4, -0.2) is 15.3 Å². The van der Waals surface area contributed by atoms with Crippen LogP contribution in [0.15, 0.2) is 24.5 Å². The molecule has 124 valence electrons. The summed E-state index contributed by atoms with van der Waals surface area (Å²) >= 11 is 0. The van der Waals surface area contributed by atoms with E-state index in [9.17, 15) is 4.79 Å². The fourth-order valence-corrected chi connectivity index (χ4v) is 3.80. The van der Waals surface area contributed by atoms with E-state index in [-0.39, 0.29) is 11.8 Å². The molecule has 2 saturated carbocycles. The van der Waals surface area contributed by atoms with Gasteiger partial charge in [-0.3, -0.25) is 4.79 Å². The second-order valence-corrected chi connectivity index (χ2v) is 7.19. The molecule has 0 bridgehead atoms. The minimum absolute atomic E-state index is 0.0560. The summed E-state index contributed by atoms with van der Waals surface area (Å²) in [7, 11) is 0. The Hall–Kier alpha value is -2.35. The highest BCUT2D eigenvalue weighted by molar-refractivity contribution is 5.92. The van der Waals surface area contributed by atoms with Crippen LogP contribution in [0.5, 0.6) is 0 Å². The number of nitrogens with zero attached hydrogens (tertiary/aromatic N) is 3. The molecule has 2 aliphatic rings. The van der Waals surface area contributed by atoms with Crippen LogP contribution in [0.2, 0.25) is 0 Å². The van der Waals surface area contributed by atoms with E-state index in [1.165, 1.54) is 18.4 Å². The second kappa shape index (κ2) is 6.27. The molecule has 0 aromatic carbocycles. The van der Waals surface area contributed by atoms with Gasteiger partial charge in [-0.15, -0.1) is 0 Å². The number of nitriles is 1. The molecule has 0 spiro atoms. The van der Waals surface area contributed by atoms with Gasteiger partial charge in [0.2, 0.25) is 5.91 Å². The Morgan fingerprint density at radius 1 is 1.29 bits per heavy atom. The summed E-state index contributed by atoms with van der Waals surface area (Å²) in [5.74, 6) is 1.98. The largest absolute Gasteiger partial charge is 0.309 e. The third-order valence-electron chi connectivity index (χ3n) is 5.35. The molecule has 2 atom stereocenters. The van der Waals surface area contributed by atoms with Gasteiger partial charge in [-0.1, -0.05) is 6.07 Å². The van der Waals surface area contributed by atoms with Crippen LogP contribution in [-0.2, 0) is 4.79 Å². The van der Waals surface area contributed by atoms with Gasteiger partial charge in [0.15, 0.2) is 5.82 Å². The number of imidazole rings is 1. The average Bonchev–Trinajstić information content (AvgIpc) is 3.18. The summed E-state index contributed by atoms with van der Waals surface area (Å²) in [6.45, 7) is 0. The Labute approximate surface area is 141 Å². The zero-order valence-corrected chi connectivity index (χ0v) is 13.7. The van der Waals surface area contributed by atoms with Crippen molar-refractivity contribution < 1.29 is 4.79 Å². The van der Waals surface area contributed by atoms with Crippen molar-refractivity contribution in [1.29, 1.82) is 5.26 Å². The van der Waals surface area contributed by atoms with Crippen molar-refractivity contribution in [2.24, 2.45) is 11.8 Å². The van der Waals surface area contributed by atoms with Crippen LogP contribution < -0.4 is 5.32 Å². The lowest BCUT2D eigenvalue weighted by molar-refractivity contribution is -0.119. The first-order valence-corrected chi connectivity index (χ1v) is 8.89. The standard InChI is InChI=1S/C19H22N4O/c20-9-1-2-13-3-4-15(10-13)19(24)22-17-12-23-11-16(14-5-6-14)7-8-18(23)21-17/h7-8,11-15H,1-6,10H2,(H,22,24)/t13?,15-/m0/s1. The van der Waals surface area contributed by atoms with E-state index < -0.39 is 0 Å². The number of fused-ring (bicyclic) bond motifs is 1. The zero-order chi connectivity index (χ0) is 16.5. The first-order chi connectivity index (χ1) is 11.7. The number of rotatable bonds is 5. The lowest BCUT2D eigenvalue weighted by atomic mass is 10.00. The zero-order valence-electron chi connectivity index (χ0n) is 13.7. The number of carbonyl (C=O) groups excluding carboxylic acids is 1. The highest BCUT2D eigenvalue weighted by atomic mass is 16.1. The molecule has 2 aromatic rings. The minimum Gasteiger partial charge on any atom is -0.309 e. The van der Waals surface area contributed by atoms with Crippen molar-refractivity contribution in [2.45, 2.75) is 50.9 Å². The maximum absolute atomic E-state index is 12.5. The Bertz CT molecular complexity index is 799. The number of hydrogen-bond donors (Lipinski definition) is 1. The topological polar surface area (TPSA) is 70.2 Å². The van der Waals surface area contributed by atoms with Crippen LogP contribution in [0, 0.1) is 23.2 Å². The minimum atomic E-state index is 0.0560. The van der Waals surface area contributed by atoms with Gasteiger partial charge >= 0.3 is 0 Å². The van der Waals surface area contributed by atoms with Gasteiger partial charge in [0.1, 0.15) is 5.65 Å². The number of amides is 1. The molecule has 4 rings (SSSR count). The van der Waals surface area contributed by atoms with E-state index in [1.807, 2.05) is 16.7 Å². The maximum atomic E-state index is 12.5. The quantitative estimate of drug-likeness (QED) is 0.908. The molecule has 2 aliphatic carbocycles. The van der Waals surface area contributed by atoms with Gasteiger partial charge in [0, 0.05) is 18.5 Å². The number of nitrogens with one attached hydrogen (secondary N) is 1. The third-order valence-corrected chi connectivity index (χ3v) is 5.35. The summed E-state index contributed by atoms with van der Waals surface area (Å²) in [5.41, 5.74) is 2.22. The summed E-state index contributed by atoms with van der Waals surface area (Å²) in [4.78, 5) is 17.0. The van der Waals surface area contributed by atoms with Crippen LogP contribution in [0.1, 0.15) is 56.4 Å². The number of anilines is 1. The molecule has 0 radical (unpaired) electrons. The molecule has 5 nitrogen and oxygen atoms in total. The van der Waals surface area contributed by atoms with E-state index in [1.54, 1.807) is 0 Å². The molecule has 5 heteroatoms. The molecule has 2 heterocycles. The molecule has 0 aliphatic heterocycles. The predicted octanol–water partition coefficient (Wildman–Crippen LogP) is 3.87. The third kappa shape index (κ3) is 3.14. The average molecular weight is 322 g/mol. The second-order valence-electron chi connectivity index (χ2n) is 7.19. The first kappa shape index (κ1) is 15.2. The van der Waals surface area contributed by atoms with E-state index >= 15 is 0 Å². The SMILES string of the molecule is N#CCCC1CC[C@H](C(=O)Nc2cn3cc(C4CC4)ccc3n2)C1. The van der Waals surface area contributed by atoms with E-state index in [4.69, 9.17) is 5.26 Å². The Balaban J connectivity index is 1.40. The van der Waals surface area contributed by atoms with Crippen molar-refractivity contribution in [3.8, 4) is 6.07 Å². The summed E-state index contributed by atoms with van der Waals surface area (Å²) in [5, 5.41) is 11.7. The van der Waals surface area contributed by atoms with Crippen molar-refractivity contribution in [3.05, 3.63) is 30.1 Å². The number of aromatic nitrogens is 2. The monoisotopic (exact) mass is 322 g/mol. The molecule has 2 aromatic heterocycles. The molecule has 1 N–H and O–H groups in total. The molecule has 1 unspecified atom stereocenters. The molecule has 0 saturated heterocycles. The van der Waals surface area contributed by atoms with Gasteiger partial charge in [-0.25, -0.2) is 4.98 Å². The van der Waals surface area contributed by atoms with Crippen LogP contribution in [0.4, 0.5) is 5.82 Å². The van der Waals surface area contributed by atoms with Crippen LogP contribution in [0.25, 0.3) is 5.65 Å². The lowest BCUT2D eigenvalue weighted by Crippen LogP contribution is -2.20. The molecule has 24 heavy (non-hydrogen) atoms. The van der Waals surface area contributed by atoms with Crippen LogP contribution >= 0.6 is 0 Å². The molecular weight excluding hydrogens is 300 g/mol. The maximum Gasteiger partial charge on any atom is 0.228 e. The van der Waals surface area contributed by atoms with E-state index in [0.717, 1.165) is 31.3 Å². The normalized spacial score (nSPS) is 23.3. The molecular formula is C19H22N4O. The highest BCUT2D eigenvalue weighted by Gasteiger charge is 2.30. The highest BCUT2D eigenvalue weighted by Crippen LogP contribution is 2.40. The smallest absolute Gasteiger partial charge is 0.228 e. The number of pyridine rings is 1. The van der Waals surface area contributed by atoms with E-state index in [0.29, 0.717) is 24.1 Å². The Morgan fingerprint density at radius 3 is 2.96 bits per heavy atom. The van der Waals surface area contributed by atoms with E-state index in [2.05, 4.69) is 28.6 Å². The fourth-order valence-electron chi connectivity index (χ4n) is 3.80. The Morgan fingerprint density at radius 2 is 2.17 bits per heavy atom. The van der Waals surface area contributed by atoms with Gasteiger partial charge in [0.25, 0.3) is 0 Å². The summed E-state index contributed by atoms with van der Waals surface area (Å²) in [6, 6.07) is 6.36. The van der Waals surface area contributed by atoms with Crippen molar-refractivity contribution in [1.82, 2.24) is 9.38 Å². The summed E-state index contributed by atoms with van der Waals surface area (Å²) in [6.07, 6.45) is 11.0. The van der Waals surface area contributed by atoms with Gasteiger partial charge in [0.05, 0.1) is 12.3 Å². The van der Waals surface area contributed by atoms with Gasteiger partial charge < -0.3 is 9.72 Å². The first-order valence-electron chi connectivity index (χ1n) is 8.89. The van der Waals surface area contributed by atoms with Crippen LogP contribution in [0.3, 0.4) is 0 Å². The van der Waals surface area contributed by atoms with Gasteiger partial charge in [-0.05, 0) is 62.0 Å². The molecule has 1 amide bonds. The number of hydrogen-bond acceptors (Lipinski definition) is 3. The molecule has 2 fully saturated rings. The summed E-state index contributed by atoms with van der Waals surface area (Å²) < 4.78 is 2.01. The van der Waals surface area contributed by atoms with Crippen molar-refractivity contribution in [3.63, 3.8) is 0 Å². The van der Waals surface area contributed by atoms with Crippen molar-refractivity contribution in [2.75, 3.05) is 5.32 Å². The predicted molar refractivity (Wildman–Crippen MR) is 91.5 cm³/mol. The number of carbonyl (C=O) groups is 1. The fraction of sp³-hybridized carbons (Fsp3) is 0.526. The Kier molecular flexibility index (Phi) is 3.97.